The second-order valence-electron chi connectivity index (χ2n) is 4.06. The van der Waals surface area contributed by atoms with E-state index in [1.807, 2.05) is 11.3 Å². The molecule has 0 atom stereocenters. The first kappa shape index (κ1) is 9.63. The third-order valence-electron chi connectivity index (χ3n) is 3.05. The van der Waals surface area contributed by atoms with Gasteiger partial charge in [-0.1, -0.05) is 0 Å². The van der Waals surface area contributed by atoms with Gasteiger partial charge >= 0.3 is 0 Å². The van der Waals surface area contributed by atoms with Crippen molar-refractivity contribution in [3.8, 4) is 0 Å². The maximum Gasteiger partial charge on any atom is 0.0916 e. The molecule has 1 fully saturated rings. The van der Waals surface area contributed by atoms with E-state index in [2.05, 4.69) is 16.3 Å². The van der Waals surface area contributed by atoms with E-state index < -0.39 is 0 Å². The molecule has 82 valence electrons. The zero-order chi connectivity index (χ0) is 10.1. The Morgan fingerprint density at radius 3 is 3.00 bits per heavy atom. The highest BCUT2D eigenvalue weighted by Gasteiger charge is 2.18. The highest BCUT2D eigenvalue weighted by atomic mass is 32.1. The van der Waals surface area contributed by atoms with Crippen LogP contribution in [-0.4, -0.2) is 32.8 Å². The van der Waals surface area contributed by atoms with E-state index in [9.17, 15) is 0 Å². The lowest BCUT2D eigenvalue weighted by Gasteiger charge is -2.27. The van der Waals surface area contributed by atoms with E-state index in [4.69, 9.17) is 4.74 Å². The standard InChI is InChI=1S/C11H16N2OS/c1-2-12-8-9-7-11(15-10(1)9)13-3-5-14-6-4-13/h7,12H,1-6,8H2. The molecule has 15 heavy (non-hydrogen) atoms. The number of thiophene rings is 1. The van der Waals surface area contributed by atoms with Crippen molar-refractivity contribution in [1.82, 2.24) is 5.32 Å². The van der Waals surface area contributed by atoms with Crippen molar-refractivity contribution >= 4 is 16.3 Å². The van der Waals surface area contributed by atoms with E-state index in [1.54, 1.807) is 4.88 Å². The van der Waals surface area contributed by atoms with E-state index in [0.717, 1.165) is 39.4 Å². The molecule has 0 amide bonds. The van der Waals surface area contributed by atoms with Crippen LogP contribution in [0.2, 0.25) is 0 Å². The van der Waals surface area contributed by atoms with Gasteiger partial charge < -0.3 is 15.0 Å². The molecule has 0 unspecified atom stereocenters. The molecule has 2 aliphatic heterocycles. The van der Waals surface area contributed by atoms with Crippen LogP contribution >= 0.6 is 11.3 Å². The number of nitrogens with one attached hydrogen (secondary N) is 1. The Kier molecular flexibility index (Phi) is 2.64. The molecule has 0 spiro atoms. The molecule has 3 heterocycles. The number of morpholine rings is 1. The fourth-order valence-corrected chi connectivity index (χ4v) is 3.41. The Labute approximate surface area is 94.0 Å². The van der Waals surface area contributed by atoms with Crippen molar-refractivity contribution in [2.75, 3.05) is 37.7 Å². The van der Waals surface area contributed by atoms with Crippen molar-refractivity contribution in [2.24, 2.45) is 0 Å². The van der Waals surface area contributed by atoms with Gasteiger partial charge in [-0.25, -0.2) is 0 Å². The number of fused-ring (bicyclic) bond motifs is 1. The lowest BCUT2D eigenvalue weighted by Crippen LogP contribution is -2.35. The first-order valence-corrected chi connectivity index (χ1v) is 6.40. The summed E-state index contributed by atoms with van der Waals surface area (Å²) in [6, 6.07) is 2.36. The minimum absolute atomic E-state index is 0.876. The van der Waals surface area contributed by atoms with Crippen molar-refractivity contribution in [3.63, 3.8) is 0 Å². The third kappa shape index (κ3) is 1.89. The average Bonchev–Trinajstić information content (AvgIpc) is 2.74. The minimum atomic E-state index is 0.876. The normalized spacial score (nSPS) is 21.5. The summed E-state index contributed by atoms with van der Waals surface area (Å²) in [7, 11) is 0. The fraction of sp³-hybridized carbons (Fsp3) is 0.636. The van der Waals surface area contributed by atoms with Gasteiger partial charge in [0, 0.05) is 31.1 Å². The summed E-state index contributed by atoms with van der Waals surface area (Å²) in [4.78, 5) is 4.03. The maximum atomic E-state index is 5.37. The lowest BCUT2D eigenvalue weighted by molar-refractivity contribution is 0.123. The number of hydrogen-bond acceptors (Lipinski definition) is 4. The number of rotatable bonds is 1. The predicted octanol–water partition coefficient (Wildman–Crippen LogP) is 1.23. The average molecular weight is 224 g/mol. The molecule has 3 rings (SSSR count). The van der Waals surface area contributed by atoms with Gasteiger partial charge in [-0.15, -0.1) is 11.3 Å². The Hall–Kier alpha value is -0.580. The van der Waals surface area contributed by atoms with E-state index >= 15 is 0 Å². The first-order chi connectivity index (χ1) is 7.43. The first-order valence-electron chi connectivity index (χ1n) is 5.58. The topological polar surface area (TPSA) is 24.5 Å². The van der Waals surface area contributed by atoms with Crippen molar-refractivity contribution in [1.29, 1.82) is 0 Å². The lowest BCUT2D eigenvalue weighted by atomic mass is 10.1. The molecular weight excluding hydrogens is 208 g/mol. The number of anilines is 1. The van der Waals surface area contributed by atoms with E-state index in [0.29, 0.717) is 0 Å². The Morgan fingerprint density at radius 2 is 2.20 bits per heavy atom. The number of ether oxygens (including phenoxy) is 1. The SMILES string of the molecule is c1c(N2CCOCC2)sc2c1CNCC2. The van der Waals surface area contributed by atoms with Gasteiger partial charge in [0.2, 0.25) is 0 Å². The number of nitrogens with zero attached hydrogens (tertiary/aromatic N) is 1. The third-order valence-corrected chi connectivity index (χ3v) is 4.35. The molecule has 1 N–H and O–H groups in total. The molecule has 0 aliphatic carbocycles. The van der Waals surface area contributed by atoms with Crippen molar-refractivity contribution in [3.05, 3.63) is 16.5 Å². The summed E-state index contributed by atoms with van der Waals surface area (Å²) in [5, 5.41) is 4.86. The Bertz CT molecular complexity index is 321. The second kappa shape index (κ2) is 4.12. The van der Waals surface area contributed by atoms with Crippen LogP contribution in [0.4, 0.5) is 5.00 Å². The van der Waals surface area contributed by atoms with Crippen LogP contribution in [0.15, 0.2) is 6.07 Å². The Balaban J connectivity index is 1.82. The smallest absolute Gasteiger partial charge is 0.0916 e. The van der Waals surface area contributed by atoms with Gasteiger partial charge in [0.1, 0.15) is 0 Å². The molecule has 2 aliphatic rings. The van der Waals surface area contributed by atoms with Crippen LogP contribution in [0.5, 0.6) is 0 Å². The molecule has 0 saturated carbocycles. The van der Waals surface area contributed by atoms with Crippen LogP contribution in [0.1, 0.15) is 10.4 Å². The molecule has 4 heteroatoms. The van der Waals surface area contributed by atoms with Crippen LogP contribution in [0, 0.1) is 0 Å². The van der Waals surface area contributed by atoms with Gasteiger partial charge in [0.15, 0.2) is 0 Å². The zero-order valence-electron chi connectivity index (χ0n) is 8.79. The van der Waals surface area contributed by atoms with Crippen LogP contribution in [0.3, 0.4) is 0 Å². The molecule has 1 saturated heterocycles. The molecule has 0 bridgehead atoms. The highest BCUT2D eigenvalue weighted by molar-refractivity contribution is 7.16. The van der Waals surface area contributed by atoms with E-state index in [-0.39, 0.29) is 0 Å². The monoisotopic (exact) mass is 224 g/mol. The molecule has 1 aromatic rings. The summed E-state index contributed by atoms with van der Waals surface area (Å²) in [5.74, 6) is 0. The summed E-state index contributed by atoms with van der Waals surface area (Å²) < 4.78 is 5.37. The molecule has 3 nitrogen and oxygen atoms in total. The zero-order valence-corrected chi connectivity index (χ0v) is 9.61. The largest absolute Gasteiger partial charge is 0.378 e. The van der Waals surface area contributed by atoms with Gasteiger partial charge in [0.25, 0.3) is 0 Å². The van der Waals surface area contributed by atoms with Gasteiger partial charge in [-0.3, -0.25) is 0 Å². The summed E-state index contributed by atoms with van der Waals surface area (Å²) in [6.07, 6.45) is 1.20. The maximum absolute atomic E-state index is 5.37. The van der Waals surface area contributed by atoms with Gasteiger partial charge in [-0.05, 0) is 18.1 Å². The summed E-state index contributed by atoms with van der Waals surface area (Å²) >= 11 is 1.97. The molecule has 0 radical (unpaired) electrons. The second-order valence-corrected chi connectivity index (χ2v) is 5.17. The van der Waals surface area contributed by atoms with Crippen LogP contribution in [-0.2, 0) is 17.7 Å². The number of hydrogen-bond donors (Lipinski definition) is 1. The molecule has 1 aromatic heterocycles. The van der Waals surface area contributed by atoms with Crippen LogP contribution in [0.25, 0.3) is 0 Å². The van der Waals surface area contributed by atoms with Crippen molar-refractivity contribution < 1.29 is 4.74 Å². The Morgan fingerprint density at radius 1 is 1.33 bits per heavy atom. The quantitative estimate of drug-likeness (QED) is 0.776. The molecular formula is C11H16N2OS. The highest BCUT2D eigenvalue weighted by Crippen LogP contribution is 2.32. The van der Waals surface area contributed by atoms with Crippen LogP contribution < -0.4 is 10.2 Å². The molecule has 0 aromatic carbocycles. The fourth-order valence-electron chi connectivity index (χ4n) is 2.18. The summed E-state index contributed by atoms with van der Waals surface area (Å²) in [5.41, 5.74) is 1.51. The van der Waals surface area contributed by atoms with E-state index in [1.165, 1.54) is 17.0 Å². The minimum Gasteiger partial charge on any atom is -0.378 e. The summed E-state index contributed by atoms with van der Waals surface area (Å²) in [6.45, 7) is 6.04. The predicted molar refractivity (Wildman–Crippen MR) is 62.8 cm³/mol. The van der Waals surface area contributed by atoms with Gasteiger partial charge in [-0.2, -0.15) is 0 Å². The van der Waals surface area contributed by atoms with Crippen molar-refractivity contribution in [2.45, 2.75) is 13.0 Å². The van der Waals surface area contributed by atoms with Gasteiger partial charge in [0.05, 0.1) is 18.2 Å².